The summed E-state index contributed by atoms with van der Waals surface area (Å²) in [5, 5.41) is 20.8. The Balaban J connectivity index is 2.13. The van der Waals surface area contributed by atoms with Crippen LogP contribution in [-0.4, -0.2) is 17.5 Å². The van der Waals surface area contributed by atoms with Gasteiger partial charge in [0.25, 0.3) is 5.91 Å². The smallest absolute Gasteiger partial charge is 0.267 e. The average molecular weight is 368 g/mol. The summed E-state index contributed by atoms with van der Waals surface area (Å²) in [6, 6.07) is 19.0. The molecule has 3 rings (SSSR count). The summed E-state index contributed by atoms with van der Waals surface area (Å²) < 4.78 is 2.00. The van der Waals surface area contributed by atoms with Crippen LogP contribution in [0.25, 0.3) is 11.1 Å². The van der Waals surface area contributed by atoms with E-state index in [9.17, 15) is 4.79 Å². The van der Waals surface area contributed by atoms with Crippen LogP contribution in [0.4, 0.5) is 0 Å². The van der Waals surface area contributed by atoms with Crippen molar-refractivity contribution in [3.05, 3.63) is 82.2 Å². The molecule has 5 nitrogen and oxygen atoms in total. The first-order valence-corrected chi connectivity index (χ1v) is 8.91. The summed E-state index contributed by atoms with van der Waals surface area (Å²) in [6.07, 6.45) is 0. The third-order valence-corrected chi connectivity index (χ3v) is 4.94. The van der Waals surface area contributed by atoms with Crippen molar-refractivity contribution >= 4 is 5.91 Å². The number of rotatable bonds is 4. The zero-order chi connectivity index (χ0) is 20.3. The molecule has 0 saturated carbocycles. The van der Waals surface area contributed by atoms with Gasteiger partial charge in [-0.2, -0.15) is 10.5 Å². The van der Waals surface area contributed by atoms with Gasteiger partial charge in [0.05, 0.1) is 23.3 Å². The van der Waals surface area contributed by atoms with E-state index in [1.165, 1.54) is 0 Å². The zero-order valence-electron chi connectivity index (χ0n) is 16.1. The van der Waals surface area contributed by atoms with Gasteiger partial charge in [-0.3, -0.25) is 4.79 Å². The summed E-state index contributed by atoms with van der Waals surface area (Å²) >= 11 is 0. The van der Waals surface area contributed by atoms with Crippen molar-refractivity contribution < 1.29 is 4.79 Å². The van der Waals surface area contributed by atoms with Crippen molar-refractivity contribution in [1.29, 1.82) is 10.5 Å². The molecular weight excluding hydrogens is 348 g/mol. The van der Waals surface area contributed by atoms with E-state index in [4.69, 9.17) is 10.5 Å². The predicted octanol–water partition coefficient (Wildman–Crippen LogP) is 3.92. The topological polar surface area (TPSA) is 81.6 Å². The number of hydrogen-bond acceptors (Lipinski definition) is 3. The number of carbonyl (C=O) groups is 1. The number of aromatic nitrogens is 1. The van der Waals surface area contributed by atoms with Gasteiger partial charge in [-0.05, 0) is 54.8 Å². The van der Waals surface area contributed by atoms with Gasteiger partial charge in [0.2, 0.25) is 0 Å². The van der Waals surface area contributed by atoms with Gasteiger partial charge in [-0.15, -0.1) is 0 Å². The minimum absolute atomic E-state index is 0.144. The molecular formula is C23H20N4O. The first-order chi connectivity index (χ1) is 13.5. The first-order valence-electron chi connectivity index (χ1n) is 8.91. The van der Waals surface area contributed by atoms with Crippen LogP contribution in [0.2, 0.25) is 0 Å². The maximum absolute atomic E-state index is 12.6. The first kappa shape index (κ1) is 18.9. The molecule has 0 aliphatic rings. The molecule has 0 bridgehead atoms. The maximum atomic E-state index is 12.6. The van der Waals surface area contributed by atoms with Crippen LogP contribution in [0.15, 0.2) is 48.5 Å². The fourth-order valence-electron chi connectivity index (χ4n) is 3.51. The molecule has 0 saturated heterocycles. The van der Waals surface area contributed by atoms with Crippen LogP contribution < -0.4 is 5.32 Å². The molecule has 0 atom stereocenters. The lowest BCUT2D eigenvalue weighted by molar-refractivity contribution is 0.0953. The average Bonchev–Trinajstić information content (AvgIpc) is 2.97. The lowest BCUT2D eigenvalue weighted by atomic mass is 10.00. The molecule has 1 aromatic heterocycles. The fraction of sp³-hybridized carbons (Fsp3) is 0.174. The molecule has 0 radical (unpaired) electrons. The SMILES string of the molecule is CNC(=O)c1c(C)c(-c2ccc(C#N)cc2)c(C)n1Cc1ccc(C#N)cc1. The monoisotopic (exact) mass is 368 g/mol. The second-order valence-electron chi connectivity index (χ2n) is 6.60. The molecule has 138 valence electrons. The van der Waals surface area contributed by atoms with Gasteiger partial charge < -0.3 is 9.88 Å². The Morgan fingerprint density at radius 3 is 2.00 bits per heavy atom. The summed E-state index contributed by atoms with van der Waals surface area (Å²) in [5.74, 6) is -0.144. The third-order valence-electron chi connectivity index (χ3n) is 4.94. The summed E-state index contributed by atoms with van der Waals surface area (Å²) in [6.45, 7) is 4.47. The van der Waals surface area contributed by atoms with Crippen molar-refractivity contribution in [3.63, 3.8) is 0 Å². The number of carbonyl (C=O) groups excluding carboxylic acids is 1. The molecule has 2 aromatic carbocycles. The van der Waals surface area contributed by atoms with E-state index in [1.807, 2.05) is 42.7 Å². The molecule has 1 N–H and O–H groups in total. The highest BCUT2D eigenvalue weighted by molar-refractivity contribution is 5.97. The minimum atomic E-state index is -0.144. The second kappa shape index (κ2) is 7.82. The lowest BCUT2D eigenvalue weighted by Gasteiger charge is -2.12. The van der Waals surface area contributed by atoms with E-state index in [1.54, 1.807) is 31.3 Å². The molecule has 0 fully saturated rings. The molecule has 0 unspecified atom stereocenters. The predicted molar refractivity (Wildman–Crippen MR) is 108 cm³/mol. The van der Waals surface area contributed by atoms with Crippen molar-refractivity contribution in [3.8, 4) is 23.3 Å². The van der Waals surface area contributed by atoms with Gasteiger partial charge in [0.1, 0.15) is 5.69 Å². The Kier molecular flexibility index (Phi) is 5.29. The quantitative estimate of drug-likeness (QED) is 0.758. The van der Waals surface area contributed by atoms with E-state index >= 15 is 0 Å². The standard InChI is InChI=1S/C23H20N4O/c1-15-21(20-10-8-18(13-25)9-11-20)16(2)27(22(15)23(28)26-3)14-19-6-4-17(12-24)5-7-19/h4-11H,14H2,1-3H3,(H,26,28). The largest absolute Gasteiger partial charge is 0.354 e. The molecule has 1 amide bonds. The van der Waals surface area contributed by atoms with Crippen LogP contribution in [0.1, 0.15) is 38.4 Å². The number of hydrogen-bond donors (Lipinski definition) is 1. The second-order valence-corrected chi connectivity index (χ2v) is 6.60. The van der Waals surface area contributed by atoms with Gasteiger partial charge in [-0.1, -0.05) is 24.3 Å². The van der Waals surface area contributed by atoms with Crippen LogP contribution in [-0.2, 0) is 6.54 Å². The van der Waals surface area contributed by atoms with E-state index in [2.05, 4.69) is 17.5 Å². The molecule has 0 aliphatic carbocycles. The third kappa shape index (κ3) is 3.39. The van der Waals surface area contributed by atoms with Crippen LogP contribution in [0, 0.1) is 36.5 Å². The van der Waals surface area contributed by atoms with Crippen LogP contribution in [0.5, 0.6) is 0 Å². The van der Waals surface area contributed by atoms with E-state index in [-0.39, 0.29) is 5.91 Å². The summed E-state index contributed by atoms with van der Waals surface area (Å²) in [4.78, 5) is 12.6. The molecule has 3 aromatic rings. The Morgan fingerprint density at radius 1 is 0.964 bits per heavy atom. The number of nitrogens with one attached hydrogen (secondary N) is 1. The van der Waals surface area contributed by atoms with E-state index < -0.39 is 0 Å². The number of nitriles is 2. The normalized spacial score (nSPS) is 10.2. The van der Waals surface area contributed by atoms with Crippen LogP contribution >= 0.6 is 0 Å². The highest BCUT2D eigenvalue weighted by atomic mass is 16.1. The Hall–Kier alpha value is -3.83. The van der Waals surface area contributed by atoms with Gasteiger partial charge >= 0.3 is 0 Å². The number of nitrogens with zero attached hydrogens (tertiary/aromatic N) is 3. The Morgan fingerprint density at radius 2 is 1.50 bits per heavy atom. The summed E-state index contributed by atoms with van der Waals surface area (Å²) in [7, 11) is 1.62. The summed E-state index contributed by atoms with van der Waals surface area (Å²) in [5.41, 5.74) is 6.67. The zero-order valence-corrected chi connectivity index (χ0v) is 16.1. The Labute approximate surface area is 164 Å². The Bertz CT molecular complexity index is 1110. The number of benzene rings is 2. The van der Waals surface area contributed by atoms with Crippen molar-refractivity contribution in [2.24, 2.45) is 0 Å². The molecule has 1 heterocycles. The van der Waals surface area contributed by atoms with Gasteiger partial charge in [0, 0.05) is 24.8 Å². The van der Waals surface area contributed by atoms with E-state index in [0.29, 0.717) is 23.4 Å². The molecule has 0 aliphatic heterocycles. The molecule has 28 heavy (non-hydrogen) atoms. The molecule has 0 spiro atoms. The highest BCUT2D eigenvalue weighted by Gasteiger charge is 2.23. The number of amides is 1. The van der Waals surface area contributed by atoms with Gasteiger partial charge in [0.15, 0.2) is 0 Å². The fourth-order valence-corrected chi connectivity index (χ4v) is 3.51. The van der Waals surface area contributed by atoms with E-state index in [0.717, 1.165) is 27.9 Å². The van der Waals surface area contributed by atoms with Crippen LogP contribution in [0.3, 0.4) is 0 Å². The minimum Gasteiger partial charge on any atom is -0.354 e. The van der Waals surface area contributed by atoms with Crippen molar-refractivity contribution in [2.45, 2.75) is 20.4 Å². The van der Waals surface area contributed by atoms with Crippen molar-refractivity contribution in [2.75, 3.05) is 7.05 Å². The lowest BCUT2D eigenvalue weighted by Crippen LogP contribution is -2.23. The maximum Gasteiger partial charge on any atom is 0.267 e. The molecule has 5 heteroatoms. The van der Waals surface area contributed by atoms with Crippen molar-refractivity contribution in [1.82, 2.24) is 9.88 Å². The highest BCUT2D eigenvalue weighted by Crippen LogP contribution is 2.33. The van der Waals surface area contributed by atoms with Gasteiger partial charge in [-0.25, -0.2) is 0 Å².